The zero-order valence-corrected chi connectivity index (χ0v) is 19.5. The van der Waals surface area contributed by atoms with E-state index in [4.69, 9.17) is 14.2 Å². The van der Waals surface area contributed by atoms with Gasteiger partial charge in [0, 0.05) is 24.1 Å². The minimum absolute atomic E-state index is 0.146. The zero-order chi connectivity index (χ0) is 23.5. The minimum atomic E-state index is -3.42. The fourth-order valence-corrected chi connectivity index (χ4v) is 4.24. The van der Waals surface area contributed by atoms with Gasteiger partial charge in [-0.3, -0.25) is 9.52 Å². The van der Waals surface area contributed by atoms with Gasteiger partial charge in [-0.25, -0.2) is 13.4 Å². The van der Waals surface area contributed by atoms with E-state index in [-0.39, 0.29) is 12.3 Å². The van der Waals surface area contributed by atoms with Crippen molar-refractivity contribution in [2.45, 2.75) is 25.8 Å². The summed E-state index contributed by atoms with van der Waals surface area (Å²) in [6, 6.07) is 10.1. The third-order valence-corrected chi connectivity index (χ3v) is 5.67. The van der Waals surface area contributed by atoms with Crippen molar-refractivity contribution in [1.29, 1.82) is 0 Å². The van der Waals surface area contributed by atoms with Crippen LogP contribution in [-0.2, 0) is 14.8 Å². The maximum atomic E-state index is 12.7. The summed E-state index contributed by atoms with van der Waals surface area (Å²) in [5, 5.41) is 6.05. The van der Waals surface area contributed by atoms with Gasteiger partial charge in [0.05, 0.1) is 39.3 Å². The van der Waals surface area contributed by atoms with E-state index in [1.165, 1.54) is 26.3 Å². The van der Waals surface area contributed by atoms with E-state index in [2.05, 4.69) is 9.82 Å². The van der Waals surface area contributed by atoms with Crippen molar-refractivity contribution in [3.05, 3.63) is 47.5 Å². The molecule has 172 valence electrons. The van der Waals surface area contributed by atoms with Gasteiger partial charge in [-0.2, -0.15) is 5.10 Å². The number of benzene rings is 2. The predicted octanol–water partition coefficient (Wildman–Crippen LogP) is 3.17. The molecule has 1 amide bonds. The van der Waals surface area contributed by atoms with Crippen molar-refractivity contribution >= 4 is 27.3 Å². The molecule has 32 heavy (non-hydrogen) atoms. The van der Waals surface area contributed by atoms with Gasteiger partial charge in [0.1, 0.15) is 0 Å². The summed E-state index contributed by atoms with van der Waals surface area (Å²) in [6.07, 6.45) is 1.78. The molecule has 1 aliphatic heterocycles. The summed E-state index contributed by atoms with van der Waals surface area (Å²) in [5.41, 5.74) is 2.53. The zero-order valence-electron chi connectivity index (χ0n) is 18.7. The van der Waals surface area contributed by atoms with Crippen LogP contribution in [0.5, 0.6) is 17.2 Å². The maximum absolute atomic E-state index is 12.7. The molecule has 1 heterocycles. The number of nitrogens with zero attached hydrogens (tertiary/aromatic N) is 2. The highest BCUT2D eigenvalue weighted by atomic mass is 32.2. The third-order valence-electron chi connectivity index (χ3n) is 5.06. The maximum Gasteiger partial charge on any atom is 0.242 e. The quantitative estimate of drug-likeness (QED) is 0.647. The second-order valence-corrected chi connectivity index (χ2v) is 8.99. The van der Waals surface area contributed by atoms with Crippen molar-refractivity contribution in [3.63, 3.8) is 0 Å². The van der Waals surface area contributed by atoms with Crippen LogP contribution in [0, 0.1) is 0 Å². The van der Waals surface area contributed by atoms with E-state index in [0.717, 1.165) is 17.4 Å². The van der Waals surface area contributed by atoms with Crippen LogP contribution in [-0.4, -0.2) is 52.6 Å². The van der Waals surface area contributed by atoms with Crippen LogP contribution in [0.4, 0.5) is 5.69 Å². The minimum Gasteiger partial charge on any atom is -0.493 e. The lowest BCUT2D eigenvalue weighted by atomic mass is 9.96. The summed E-state index contributed by atoms with van der Waals surface area (Å²) < 4.78 is 42.2. The predicted molar refractivity (Wildman–Crippen MR) is 122 cm³/mol. The van der Waals surface area contributed by atoms with Crippen LogP contribution >= 0.6 is 0 Å². The number of anilines is 1. The summed E-state index contributed by atoms with van der Waals surface area (Å²) in [4.78, 5) is 12.7. The van der Waals surface area contributed by atoms with Gasteiger partial charge >= 0.3 is 0 Å². The summed E-state index contributed by atoms with van der Waals surface area (Å²) in [7, 11) is 1.18. The third kappa shape index (κ3) is 4.80. The number of methoxy groups -OCH3 is 3. The highest BCUT2D eigenvalue weighted by Gasteiger charge is 2.35. The van der Waals surface area contributed by atoms with Crippen molar-refractivity contribution in [2.75, 3.05) is 32.3 Å². The lowest BCUT2D eigenvalue weighted by Gasteiger charge is -2.24. The summed E-state index contributed by atoms with van der Waals surface area (Å²) >= 11 is 0. The Kier molecular flexibility index (Phi) is 6.93. The van der Waals surface area contributed by atoms with Crippen LogP contribution in [0.25, 0.3) is 0 Å². The molecule has 2 aromatic carbocycles. The van der Waals surface area contributed by atoms with Gasteiger partial charge in [0.2, 0.25) is 21.7 Å². The molecule has 0 saturated carbocycles. The average molecular weight is 462 g/mol. The molecule has 0 aliphatic carbocycles. The number of hydrogen-bond acceptors (Lipinski definition) is 7. The summed E-state index contributed by atoms with van der Waals surface area (Å²) in [6.45, 7) is 1.77. The Morgan fingerprint density at radius 2 is 1.84 bits per heavy atom. The van der Waals surface area contributed by atoms with Crippen molar-refractivity contribution in [3.8, 4) is 17.2 Å². The molecular formula is C22H27N3O6S. The number of carbonyl (C=O) groups excluding carboxylic acids is 1. The lowest BCUT2D eigenvalue weighted by Crippen LogP contribution is -2.26. The molecule has 0 spiro atoms. The molecule has 2 aromatic rings. The number of amides is 1. The number of nitrogens with one attached hydrogen (secondary N) is 1. The Balaban J connectivity index is 2.04. The second-order valence-electron chi connectivity index (χ2n) is 7.24. The normalized spacial score (nSPS) is 15.8. The monoisotopic (exact) mass is 461 g/mol. The number of hydrogen-bond donors (Lipinski definition) is 1. The van der Waals surface area contributed by atoms with E-state index in [0.29, 0.717) is 35.1 Å². The number of rotatable bonds is 8. The van der Waals surface area contributed by atoms with Gasteiger partial charge in [0.25, 0.3) is 0 Å². The van der Waals surface area contributed by atoms with Crippen molar-refractivity contribution in [1.82, 2.24) is 5.01 Å². The van der Waals surface area contributed by atoms with Gasteiger partial charge in [-0.15, -0.1) is 0 Å². The molecule has 1 aliphatic rings. The molecule has 3 rings (SSSR count). The fourth-order valence-electron chi connectivity index (χ4n) is 3.68. The molecule has 9 nitrogen and oxygen atoms in total. The van der Waals surface area contributed by atoms with E-state index < -0.39 is 16.1 Å². The van der Waals surface area contributed by atoms with E-state index in [9.17, 15) is 13.2 Å². The SMILES string of the molecule is CCC(=O)N1N=C(c2cccc(NS(C)(=O)=O)c2)C[C@H]1c1ccc(OC)c(OC)c1OC. The smallest absolute Gasteiger partial charge is 0.242 e. The van der Waals surface area contributed by atoms with Gasteiger partial charge in [-0.1, -0.05) is 19.1 Å². The highest BCUT2D eigenvalue weighted by molar-refractivity contribution is 7.92. The molecule has 0 bridgehead atoms. The Morgan fingerprint density at radius 1 is 1.12 bits per heavy atom. The van der Waals surface area contributed by atoms with E-state index >= 15 is 0 Å². The fraction of sp³-hybridized carbons (Fsp3) is 0.364. The van der Waals surface area contributed by atoms with Crippen LogP contribution in [0.3, 0.4) is 0 Å². The molecule has 0 radical (unpaired) electrons. The van der Waals surface area contributed by atoms with Crippen molar-refractivity contribution in [2.24, 2.45) is 5.10 Å². The van der Waals surface area contributed by atoms with Crippen LogP contribution in [0.15, 0.2) is 41.5 Å². The molecule has 0 unspecified atom stereocenters. The largest absolute Gasteiger partial charge is 0.493 e. The molecule has 10 heteroatoms. The molecule has 0 fully saturated rings. The topological polar surface area (TPSA) is 107 Å². The Morgan fingerprint density at radius 3 is 2.44 bits per heavy atom. The molecule has 1 atom stereocenters. The van der Waals surface area contributed by atoms with Crippen molar-refractivity contribution < 1.29 is 27.4 Å². The van der Waals surface area contributed by atoms with E-state index in [1.807, 2.05) is 12.1 Å². The number of hydrazone groups is 1. The number of sulfonamides is 1. The molecule has 1 N–H and O–H groups in total. The van der Waals surface area contributed by atoms with E-state index in [1.54, 1.807) is 31.2 Å². The first-order valence-electron chi connectivity index (χ1n) is 9.99. The first kappa shape index (κ1) is 23.4. The Hall–Kier alpha value is -3.27. The Labute approximate surface area is 188 Å². The lowest BCUT2D eigenvalue weighted by molar-refractivity contribution is -0.132. The standard InChI is InChI=1S/C22H27N3O6S/c1-6-20(26)25-18(16-10-11-19(29-2)22(31-4)21(16)30-3)13-17(23-25)14-8-7-9-15(12-14)24-32(5,27)28/h7-12,18,24H,6,13H2,1-5H3/t18-/m0/s1. The molecule has 0 saturated heterocycles. The summed E-state index contributed by atoms with van der Waals surface area (Å²) in [5.74, 6) is 1.27. The van der Waals surface area contributed by atoms with Gasteiger partial charge in [0.15, 0.2) is 11.5 Å². The molecular weight excluding hydrogens is 434 g/mol. The average Bonchev–Trinajstić information content (AvgIpc) is 3.21. The van der Waals surface area contributed by atoms with Crippen LogP contribution in [0.1, 0.15) is 36.9 Å². The first-order chi connectivity index (χ1) is 15.2. The van der Waals surface area contributed by atoms with Crippen LogP contribution in [0.2, 0.25) is 0 Å². The highest BCUT2D eigenvalue weighted by Crippen LogP contribution is 2.46. The molecule has 0 aromatic heterocycles. The number of ether oxygens (including phenoxy) is 3. The first-order valence-corrected chi connectivity index (χ1v) is 11.9. The second kappa shape index (κ2) is 9.47. The van der Waals surface area contributed by atoms with Gasteiger partial charge < -0.3 is 14.2 Å². The van der Waals surface area contributed by atoms with Crippen LogP contribution < -0.4 is 18.9 Å². The van der Waals surface area contributed by atoms with Gasteiger partial charge in [-0.05, 0) is 29.8 Å². The Bertz CT molecular complexity index is 1150. The number of carbonyl (C=O) groups is 1.